The van der Waals surface area contributed by atoms with Crippen LogP contribution in [-0.4, -0.2) is 11.8 Å². The highest BCUT2D eigenvalue weighted by Gasteiger charge is 2.20. The predicted molar refractivity (Wildman–Crippen MR) is 76.1 cm³/mol. The van der Waals surface area contributed by atoms with Crippen molar-refractivity contribution in [1.29, 1.82) is 0 Å². The third-order valence-corrected chi connectivity index (χ3v) is 2.94. The van der Waals surface area contributed by atoms with Gasteiger partial charge in [0.1, 0.15) is 17.6 Å². The molecule has 1 aromatic heterocycles. The molecule has 2 rings (SSSR count). The normalized spacial score (nSPS) is 11.1. The molecule has 0 radical (unpaired) electrons. The van der Waals surface area contributed by atoms with Crippen molar-refractivity contribution < 1.29 is 21.8 Å². The van der Waals surface area contributed by atoms with Gasteiger partial charge < -0.3 is 17.3 Å². The van der Waals surface area contributed by atoms with Crippen molar-refractivity contribution in [1.82, 2.24) is 4.57 Å². The number of halogens is 4. The number of nitrogens with zero attached hydrogens (tertiary/aromatic N) is 2. The molecule has 0 atom stereocenters. The standard InChI is InChI=1S/C14H19N2.BF4/c1-10-6-11(2)14(12(3)7-10)16-9-15(5)8-13(16)4;2-1(3,4)5/h6-9H,1-5H3;/q+1;-1. The maximum Gasteiger partial charge on any atom is 0.673 e. The Morgan fingerprint density at radius 1 is 0.952 bits per heavy atom. The molecule has 2 nitrogen and oxygen atoms in total. The Bertz CT molecular complexity index is 603. The van der Waals surface area contributed by atoms with Crippen LogP contribution in [0, 0.1) is 27.7 Å². The monoisotopic (exact) mass is 302 g/mol. The van der Waals surface area contributed by atoms with E-state index in [9.17, 15) is 17.3 Å². The van der Waals surface area contributed by atoms with Gasteiger partial charge in [-0.1, -0.05) is 17.7 Å². The molecule has 0 bridgehead atoms. The Kier molecular flexibility index (Phi) is 5.20. The summed E-state index contributed by atoms with van der Waals surface area (Å²) in [6, 6.07) is 4.48. The Hall–Kier alpha value is -1.79. The minimum absolute atomic E-state index is 1.26. The number of aryl methyl sites for hydroxylation is 5. The highest BCUT2D eigenvalue weighted by molar-refractivity contribution is 6.50. The fourth-order valence-corrected chi connectivity index (χ4v) is 2.45. The van der Waals surface area contributed by atoms with Crippen LogP contribution in [0.3, 0.4) is 0 Å². The lowest BCUT2D eigenvalue weighted by Gasteiger charge is -2.08. The number of hydrogen-bond acceptors (Lipinski definition) is 0. The first-order valence-electron chi connectivity index (χ1n) is 6.49. The predicted octanol–water partition coefficient (Wildman–Crippen LogP) is 3.84. The minimum atomic E-state index is -6.00. The Morgan fingerprint density at radius 3 is 1.71 bits per heavy atom. The SMILES string of the molecule is Cc1cc(C)c(-n2c[n+](C)cc2C)c(C)c1.F[B-](F)(F)F. The highest BCUT2D eigenvalue weighted by Crippen LogP contribution is 2.21. The van der Waals surface area contributed by atoms with Gasteiger partial charge in [-0.2, -0.15) is 4.57 Å². The van der Waals surface area contributed by atoms with Crippen molar-refractivity contribution in [3.8, 4) is 5.69 Å². The molecule has 7 heteroatoms. The summed E-state index contributed by atoms with van der Waals surface area (Å²) < 4.78 is 43.3. The summed E-state index contributed by atoms with van der Waals surface area (Å²) in [5.74, 6) is 0. The topological polar surface area (TPSA) is 8.81 Å². The Labute approximate surface area is 122 Å². The third kappa shape index (κ3) is 5.25. The van der Waals surface area contributed by atoms with Crippen molar-refractivity contribution >= 4 is 7.25 Å². The van der Waals surface area contributed by atoms with E-state index in [0.717, 1.165) is 0 Å². The maximum absolute atomic E-state index is 9.75. The number of aromatic nitrogens is 2. The molecule has 0 saturated carbocycles. The molecule has 0 aliphatic heterocycles. The van der Waals surface area contributed by atoms with Gasteiger partial charge in [0.2, 0.25) is 6.33 Å². The first-order chi connectivity index (χ1) is 9.49. The number of imidazole rings is 1. The van der Waals surface area contributed by atoms with Crippen LogP contribution < -0.4 is 4.57 Å². The molecule has 1 aromatic carbocycles. The van der Waals surface area contributed by atoms with E-state index in [1.807, 2.05) is 0 Å². The van der Waals surface area contributed by atoms with Gasteiger partial charge in [-0.15, -0.1) is 0 Å². The summed E-state index contributed by atoms with van der Waals surface area (Å²) in [6.07, 6.45) is 4.26. The highest BCUT2D eigenvalue weighted by atomic mass is 19.5. The van der Waals surface area contributed by atoms with Crippen molar-refractivity contribution in [3.63, 3.8) is 0 Å². The van der Waals surface area contributed by atoms with Gasteiger partial charge >= 0.3 is 7.25 Å². The van der Waals surface area contributed by atoms with Crippen LogP contribution in [0.1, 0.15) is 22.4 Å². The van der Waals surface area contributed by atoms with E-state index in [1.54, 1.807) is 0 Å². The average Bonchev–Trinajstić information content (AvgIpc) is 2.53. The lowest BCUT2D eigenvalue weighted by Crippen LogP contribution is -2.23. The van der Waals surface area contributed by atoms with Gasteiger partial charge in [0.15, 0.2) is 0 Å². The van der Waals surface area contributed by atoms with Crippen molar-refractivity contribution in [2.45, 2.75) is 27.7 Å². The number of hydrogen-bond donors (Lipinski definition) is 0. The summed E-state index contributed by atoms with van der Waals surface area (Å²) in [5.41, 5.74) is 6.56. The molecule has 116 valence electrons. The van der Waals surface area contributed by atoms with E-state index in [1.165, 1.54) is 28.1 Å². The van der Waals surface area contributed by atoms with E-state index >= 15 is 0 Å². The van der Waals surface area contributed by atoms with E-state index in [4.69, 9.17) is 0 Å². The van der Waals surface area contributed by atoms with Crippen LogP contribution in [0.15, 0.2) is 24.7 Å². The second kappa shape index (κ2) is 6.32. The van der Waals surface area contributed by atoms with Crippen molar-refractivity contribution in [2.75, 3.05) is 0 Å². The summed E-state index contributed by atoms with van der Waals surface area (Å²) in [5, 5.41) is 0. The van der Waals surface area contributed by atoms with Crippen LogP contribution in [0.25, 0.3) is 5.69 Å². The van der Waals surface area contributed by atoms with E-state index in [2.05, 4.69) is 68.5 Å². The molecule has 0 unspecified atom stereocenters. The van der Waals surface area contributed by atoms with Crippen LogP contribution in [0.4, 0.5) is 17.3 Å². The van der Waals surface area contributed by atoms with Gasteiger partial charge in [0, 0.05) is 6.92 Å². The maximum atomic E-state index is 9.75. The number of rotatable bonds is 1. The van der Waals surface area contributed by atoms with Gasteiger partial charge in [0.05, 0.1) is 7.05 Å². The van der Waals surface area contributed by atoms with Crippen LogP contribution in [0.5, 0.6) is 0 Å². The van der Waals surface area contributed by atoms with Crippen molar-refractivity contribution in [2.24, 2.45) is 7.05 Å². The smallest absolute Gasteiger partial charge is 0.418 e. The fourth-order valence-electron chi connectivity index (χ4n) is 2.45. The molecule has 0 fully saturated rings. The molecule has 0 N–H and O–H groups in total. The fraction of sp³-hybridized carbons (Fsp3) is 0.357. The van der Waals surface area contributed by atoms with Gasteiger partial charge in [-0.3, -0.25) is 0 Å². The van der Waals surface area contributed by atoms with Crippen LogP contribution in [0.2, 0.25) is 0 Å². The molecule has 0 spiro atoms. The Balaban J connectivity index is 0.000000383. The second-order valence-electron chi connectivity index (χ2n) is 5.16. The zero-order valence-corrected chi connectivity index (χ0v) is 12.8. The minimum Gasteiger partial charge on any atom is -0.418 e. The van der Waals surface area contributed by atoms with Crippen molar-refractivity contribution in [3.05, 3.63) is 47.0 Å². The summed E-state index contributed by atoms with van der Waals surface area (Å²) in [4.78, 5) is 0. The average molecular weight is 302 g/mol. The molecule has 21 heavy (non-hydrogen) atoms. The summed E-state index contributed by atoms with van der Waals surface area (Å²) in [6.45, 7) is 8.63. The molecule has 0 aliphatic rings. The molecule has 2 aromatic rings. The summed E-state index contributed by atoms with van der Waals surface area (Å²) in [7, 11) is -3.94. The molecule has 0 amide bonds. The molecule has 1 heterocycles. The Morgan fingerprint density at radius 2 is 1.38 bits per heavy atom. The van der Waals surface area contributed by atoms with Gasteiger partial charge in [0.25, 0.3) is 0 Å². The van der Waals surface area contributed by atoms with E-state index in [-0.39, 0.29) is 0 Å². The molecule has 0 saturated heterocycles. The molecular weight excluding hydrogens is 283 g/mol. The zero-order chi connectivity index (χ0) is 16.4. The van der Waals surface area contributed by atoms with Gasteiger partial charge in [-0.25, -0.2) is 4.57 Å². The lowest BCUT2D eigenvalue weighted by atomic mass is 10.0. The van der Waals surface area contributed by atoms with E-state index < -0.39 is 7.25 Å². The molecular formula is C14H19BF4N2. The number of benzene rings is 1. The zero-order valence-electron chi connectivity index (χ0n) is 12.8. The lowest BCUT2D eigenvalue weighted by molar-refractivity contribution is -0.670. The molecule has 0 aliphatic carbocycles. The largest absolute Gasteiger partial charge is 0.673 e. The first kappa shape index (κ1) is 17.3. The van der Waals surface area contributed by atoms with E-state index in [0.29, 0.717) is 0 Å². The van der Waals surface area contributed by atoms with Crippen LogP contribution in [-0.2, 0) is 7.05 Å². The third-order valence-electron chi connectivity index (χ3n) is 2.94. The summed E-state index contributed by atoms with van der Waals surface area (Å²) >= 11 is 0. The van der Waals surface area contributed by atoms with Gasteiger partial charge in [-0.05, 0) is 31.9 Å². The van der Waals surface area contributed by atoms with Crippen LogP contribution >= 0.6 is 0 Å². The second-order valence-corrected chi connectivity index (χ2v) is 5.16. The first-order valence-corrected chi connectivity index (χ1v) is 6.49. The quantitative estimate of drug-likeness (QED) is 0.430.